The monoisotopic (exact) mass is 250 g/mol. The Morgan fingerprint density at radius 3 is 2.89 bits per heavy atom. The van der Waals surface area contributed by atoms with Gasteiger partial charge in [-0.3, -0.25) is 14.7 Å². The second-order valence-corrected chi connectivity index (χ2v) is 4.75. The summed E-state index contributed by atoms with van der Waals surface area (Å²) in [5, 5.41) is 2.87. The van der Waals surface area contributed by atoms with E-state index in [1.807, 2.05) is 37.9 Å². The molecule has 100 valence electrons. The van der Waals surface area contributed by atoms with Crippen LogP contribution in [-0.2, 0) is 17.9 Å². The van der Waals surface area contributed by atoms with Crippen molar-refractivity contribution >= 4 is 5.91 Å². The van der Waals surface area contributed by atoms with Crippen molar-refractivity contribution in [2.75, 3.05) is 13.6 Å². The van der Waals surface area contributed by atoms with E-state index < -0.39 is 0 Å². The van der Waals surface area contributed by atoms with Gasteiger partial charge in [-0.25, -0.2) is 0 Å². The topological polar surface area (TPSA) is 71.2 Å². The van der Waals surface area contributed by atoms with Crippen LogP contribution < -0.4 is 11.1 Å². The summed E-state index contributed by atoms with van der Waals surface area (Å²) in [6, 6.07) is 4.09. The molecule has 0 aliphatic heterocycles. The van der Waals surface area contributed by atoms with E-state index in [4.69, 9.17) is 5.73 Å². The number of pyridine rings is 1. The van der Waals surface area contributed by atoms with Crippen LogP contribution in [0.1, 0.15) is 25.1 Å². The lowest BCUT2D eigenvalue weighted by Crippen LogP contribution is -2.38. The van der Waals surface area contributed by atoms with Crippen molar-refractivity contribution in [3.8, 4) is 0 Å². The summed E-state index contributed by atoms with van der Waals surface area (Å²) in [5.41, 5.74) is 7.53. The maximum Gasteiger partial charge on any atom is 0.234 e. The van der Waals surface area contributed by atoms with Gasteiger partial charge in [-0.05, 0) is 38.6 Å². The van der Waals surface area contributed by atoms with E-state index in [2.05, 4.69) is 10.3 Å². The molecular formula is C13H22N4O. The molecule has 5 heteroatoms. The van der Waals surface area contributed by atoms with Crippen LogP contribution in [0.25, 0.3) is 0 Å². The van der Waals surface area contributed by atoms with Crippen molar-refractivity contribution in [2.45, 2.75) is 33.0 Å². The van der Waals surface area contributed by atoms with Crippen LogP contribution in [0, 0.1) is 0 Å². The van der Waals surface area contributed by atoms with Crippen molar-refractivity contribution in [1.82, 2.24) is 15.2 Å². The van der Waals surface area contributed by atoms with Gasteiger partial charge >= 0.3 is 0 Å². The minimum atomic E-state index is 0.0422. The molecule has 18 heavy (non-hydrogen) atoms. The summed E-state index contributed by atoms with van der Waals surface area (Å²) in [6.45, 7) is 5.44. The molecule has 0 atom stereocenters. The fourth-order valence-electron chi connectivity index (χ4n) is 1.72. The molecule has 0 aliphatic carbocycles. The summed E-state index contributed by atoms with van der Waals surface area (Å²) in [5.74, 6) is 0.0422. The Hall–Kier alpha value is -1.46. The summed E-state index contributed by atoms with van der Waals surface area (Å²) < 4.78 is 0. The lowest BCUT2D eigenvalue weighted by Gasteiger charge is -2.17. The first-order valence-electron chi connectivity index (χ1n) is 6.13. The normalized spacial score (nSPS) is 11.0. The number of carbonyl (C=O) groups is 1. The van der Waals surface area contributed by atoms with Gasteiger partial charge in [-0.1, -0.05) is 0 Å². The van der Waals surface area contributed by atoms with Gasteiger partial charge in [0.2, 0.25) is 5.91 Å². The molecular weight excluding hydrogens is 228 g/mol. The molecule has 1 heterocycles. The van der Waals surface area contributed by atoms with Crippen molar-refractivity contribution < 1.29 is 4.79 Å². The Balaban J connectivity index is 2.48. The number of hydrogen-bond donors (Lipinski definition) is 2. The summed E-state index contributed by atoms with van der Waals surface area (Å²) in [4.78, 5) is 17.7. The number of hydrogen-bond acceptors (Lipinski definition) is 4. The molecule has 1 aromatic heterocycles. The quantitative estimate of drug-likeness (QED) is 0.771. The van der Waals surface area contributed by atoms with Crippen molar-refractivity contribution in [1.29, 1.82) is 0 Å². The van der Waals surface area contributed by atoms with Crippen LogP contribution in [0.15, 0.2) is 18.3 Å². The number of likely N-dealkylation sites (N-methyl/N-ethyl adjacent to an activating group) is 1. The fraction of sp³-hybridized carbons (Fsp3) is 0.538. The van der Waals surface area contributed by atoms with Crippen LogP contribution in [0.5, 0.6) is 0 Å². The van der Waals surface area contributed by atoms with Crippen LogP contribution in [0.2, 0.25) is 0 Å². The predicted molar refractivity (Wildman–Crippen MR) is 71.7 cm³/mol. The van der Waals surface area contributed by atoms with E-state index in [-0.39, 0.29) is 11.9 Å². The van der Waals surface area contributed by atoms with Crippen molar-refractivity contribution in [3.05, 3.63) is 29.6 Å². The van der Waals surface area contributed by atoms with Gasteiger partial charge in [-0.2, -0.15) is 0 Å². The number of carbonyl (C=O) groups excluding carboxylic acids is 1. The zero-order valence-electron chi connectivity index (χ0n) is 11.3. The molecule has 5 nitrogen and oxygen atoms in total. The molecule has 1 amide bonds. The van der Waals surface area contributed by atoms with Gasteiger partial charge in [0.05, 0.1) is 12.2 Å². The molecule has 1 aromatic rings. The van der Waals surface area contributed by atoms with Crippen molar-refractivity contribution in [2.24, 2.45) is 5.73 Å². The number of amides is 1. The van der Waals surface area contributed by atoms with E-state index in [0.717, 1.165) is 11.3 Å². The van der Waals surface area contributed by atoms with E-state index in [0.29, 0.717) is 19.6 Å². The molecule has 0 saturated carbocycles. The lowest BCUT2D eigenvalue weighted by atomic mass is 10.2. The second kappa shape index (κ2) is 7.08. The molecule has 0 radical (unpaired) electrons. The average molecular weight is 250 g/mol. The van der Waals surface area contributed by atoms with E-state index in [9.17, 15) is 4.79 Å². The fourth-order valence-corrected chi connectivity index (χ4v) is 1.72. The highest BCUT2D eigenvalue weighted by Gasteiger charge is 2.08. The van der Waals surface area contributed by atoms with Crippen LogP contribution in [0.3, 0.4) is 0 Å². The Morgan fingerprint density at radius 1 is 1.56 bits per heavy atom. The Labute approximate surface area is 108 Å². The molecule has 0 aromatic carbocycles. The molecule has 0 saturated heterocycles. The maximum atomic E-state index is 11.6. The van der Waals surface area contributed by atoms with Crippen molar-refractivity contribution in [3.63, 3.8) is 0 Å². The van der Waals surface area contributed by atoms with E-state index in [1.54, 1.807) is 6.20 Å². The molecule has 0 spiro atoms. The first kappa shape index (κ1) is 14.6. The van der Waals surface area contributed by atoms with Gasteiger partial charge in [0.15, 0.2) is 0 Å². The molecule has 0 unspecified atom stereocenters. The van der Waals surface area contributed by atoms with Crippen LogP contribution in [-0.4, -0.2) is 35.4 Å². The number of nitrogens with one attached hydrogen (secondary N) is 1. The predicted octanol–water partition coefficient (Wildman–Crippen LogP) is 0.497. The summed E-state index contributed by atoms with van der Waals surface area (Å²) >= 11 is 0. The van der Waals surface area contributed by atoms with Gasteiger partial charge in [0.1, 0.15) is 0 Å². The summed E-state index contributed by atoms with van der Waals surface area (Å²) in [7, 11) is 1.92. The first-order chi connectivity index (χ1) is 8.51. The number of aromatic nitrogens is 1. The zero-order valence-corrected chi connectivity index (χ0v) is 11.3. The van der Waals surface area contributed by atoms with Gasteiger partial charge in [-0.15, -0.1) is 0 Å². The number of rotatable bonds is 6. The molecule has 3 N–H and O–H groups in total. The summed E-state index contributed by atoms with van der Waals surface area (Å²) in [6.07, 6.45) is 1.75. The Bertz CT molecular complexity index is 392. The highest BCUT2D eigenvalue weighted by molar-refractivity contribution is 5.78. The second-order valence-electron chi connectivity index (χ2n) is 4.75. The van der Waals surface area contributed by atoms with Gasteiger partial charge < -0.3 is 11.1 Å². The molecule has 0 bridgehead atoms. The minimum absolute atomic E-state index is 0.0422. The highest BCUT2D eigenvalue weighted by Crippen LogP contribution is 2.04. The third-order valence-corrected chi connectivity index (χ3v) is 2.41. The minimum Gasteiger partial charge on any atom is -0.353 e. The molecule has 0 fully saturated rings. The third-order valence-electron chi connectivity index (χ3n) is 2.41. The SMILES string of the molecule is CC(C)NC(=O)CN(C)Cc1ccnc(CN)c1. The Morgan fingerprint density at radius 2 is 2.28 bits per heavy atom. The van der Waals surface area contributed by atoms with Crippen LogP contribution >= 0.6 is 0 Å². The smallest absolute Gasteiger partial charge is 0.234 e. The van der Waals surface area contributed by atoms with E-state index >= 15 is 0 Å². The van der Waals surface area contributed by atoms with Crippen LogP contribution in [0.4, 0.5) is 0 Å². The highest BCUT2D eigenvalue weighted by atomic mass is 16.2. The zero-order chi connectivity index (χ0) is 13.5. The van der Waals surface area contributed by atoms with Gasteiger partial charge in [0.25, 0.3) is 0 Å². The average Bonchev–Trinajstić information content (AvgIpc) is 2.27. The number of nitrogens with zero attached hydrogens (tertiary/aromatic N) is 2. The molecule has 0 aliphatic rings. The Kier molecular flexibility index (Phi) is 5.74. The third kappa shape index (κ3) is 5.25. The lowest BCUT2D eigenvalue weighted by molar-refractivity contribution is -0.122. The largest absolute Gasteiger partial charge is 0.353 e. The first-order valence-corrected chi connectivity index (χ1v) is 6.13. The van der Waals surface area contributed by atoms with Gasteiger partial charge in [0, 0.05) is 25.3 Å². The molecule has 1 rings (SSSR count). The van der Waals surface area contributed by atoms with E-state index in [1.165, 1.54) is 0 Å². The number of nitrogens with two attached hydrogens (primary N) is 1. The standard InChI is InChI=1S/C13H22N4O/c1-10(2)16-13(18)9-17(3)8-11-4-5-15-12(6-11)7-14/h4-6,10H,7-9,14H2,1-3H3,(H,16,18). The maximum absolute atomic E-state index is 11.6.